The zero-order chi connectivity index (χ0) is 15.7. The molecule has 112 valence electrons. The Hall–Kier alpha value is -3.27. The molecular weight excluding hydrogens is 284 g/mol. The molecule has 0 aliphatic carbocycles. The highest BCUT2D eigenvalue weighted by molar-refractivity contribution is 5.99. The second-order valence-corrected chi connectivity index (χ2v) is 4.81. The van der Waals surface area contributed by atoms with Crippen LogP contribution in [0.2, 0.25) is 0 Å². The highest BCUT2D eigenvalue weighted by Gasteiger charge is 2.02. The van der Waals surface area contributed by atoms with Crippen LogP contribution in [0.3, 0.4) is 0 Å². The molecule has 1 N–H and O–H groups in total. The zero-order valence-electron chi connectivity index (χ0n) is 12.5. The molecule has 0 radical (unpaired) electrons. The van der Waals surface area contributed by atoms with Crippen molar-refractivity contribution < 1.29 is 0 Å². The van der Waals surface area contributed by atoms with E-state index in [1.807, 2.05) is 91.0 Å². The fourth-order valence-corrected chi connectivity index (χ4v) is 1.96. The first kappa shape index (κ1) is 14.7. The maximum absolute atomic E-state index is 4.39. The van der Waals surface area contributed by atoms with E-state index in [-0.39, 0.29) is 0 Å². The first-order valence-corrected chi connectivity index (χ1v) is 7.33. The fourth-order valence-electron chi connectivity index (χ4n) is 1.96. The molecule has 3 aromatic rings. The minimum atomic E-state index is 0.526. The maximum Gasteiger partial charge on any atom is 0.201 e. The number of amidine groups is 1. The van der Waals surface area contributed by atoms with Gasteiger partial charge in [-0.1, -0.05) is 66.7 Å². The van der Waals surface area contributed by atoms with Crippen LogP contribution < -0.4 is 5.43 Å². The van der Waals surface area contributed by atoms with E-state index >= 15 is 0 Å². The van der Waals surface area contributed by atoms with Gasteiger partial charge in [0.15, 0.2) is 0 Å². The summed E-state index contributed by atoms with van der Waals surface area (Å²) < 4.78 is 0. The number of rotatable bonds is 4. The van der Waals surface area contributed by atoms with Crippen molar-refractivity contribution in [1.29, 1.82) is 0 Å². The third kappa shape index (κ3) is 4.35. The number of anilines is 1. The van der Waals surface area contributed by atoms with Crippen molar-refractivity contribution in [3.63, 3.8) is 0 Å². The van der Waals surface area contributed by atoms with Crippen molar-refractivity contribution in [2.24, 2.45) is 15.3 Å². The lowest BCUT2D eigenvalue weighted by Gasteiger charge is -2.03. The standard InChI is InChI=1S/C19H16N4/c1-4-10-16(11-5-1)19(22-20-17-12-6-2-7-13-17)23-21-18-14-8-3-9-15-18/h1-15,20H/b22-19-,23-21?. The number of azo groups is 1. The van der Waals surface area contributed by atoms with Gasteiger partial charge >= 0.3 is 0 Å². The highest BCUT2D eigenvalue weighted by Crippen LogP contribution is 2.13. The van der Waals surface area contributed by atoms with E-state index in [2.05, 4.69) is 20.8 Å². The van der Waals surface area contributed by atoms with Gasteiger partial charge in [-0.2, -0.15) is 5.10 Å². The first-order chi connectivity index (χ1) is 11.4. The molecule has 3 rings (SSSR count). The van der Waals surface area contributed by atoms with Gasteiger partial charge < -0.3 is 0 Å². The van der Waals surface area contributed by atoms with Crippen LogP contribution in [0.5, 0.6) is 0 Å². The van der Waals surface area contributed by atoms with E-state index in [4.69, 9.17) is 0 Å². The summed E-state index contributed by atoms with van der Waals surface area (Å²) in [5.41, 5.74) is 5.60. The molecule has 0 atom stereocenters. The lowest BCUT2D eigenvalue weighted by molar-refractivity contribution is 1.22. The quantitative estimate of drug-likeness (QED) is 0.304. The summed E-state index contributed by atoms with van der Waals surface area (Å²) in [5.74, 6) is 0.526. The van der Waals surface area contributed by atoms with E-state index in [9.17, 15) is 0 Å². The SMILES string of the molecule is c1ccc(N=N/C(=N\Nc2ccccc2)c2ccccc2)cc1. The molecule has 0 saturated heterocycles. The van der Waals surface area contributed by atoms with Gasteiger partial charge in [0.05, 0.1) is 11.4 Å². The molecule has 0 unspecified atom stereocenters. The first-order valence-electron chi connectivity index (χ1n) is 7.33. The summed E-state index contributed by atoms with van der Waals surface area (Å²) in [6.45, 7) is 0. The number of hydrazone groups is 1. The number of para-hydroxylation sites is 1. The predicted molar refractivity (Wildman–Crippen MR) is 94.0 cm³/mol. The van der Waals surface area contributed by atoms with Gasteiger partial charge in [0.2, 0.25) is 5.84 Å². The Morgan fingerprint density at radius 2 is 1.22 bits per heavy atom. The summed E-state index contributed by atoms with van der Waals surface area (Å²) >= 11 is 0. The summed E-state index contributed by atoms with van der Waals surface area (Å²) in [4.78, 5) is 0. The molecule has 23 heavy (non-hydrogen) atoms. The van der Waals surface area contributed by atoms with Gasteiger partial charge in [-0.15, -0.1) is 10.2 Å². The van der Waals surface area contributed by atoms with Crippen molar-refractivity contribution in [2.45, 2.75) is 0 Å². The summed E-state index contributed by atoms with van der Waals surface area (Å²) in [6.07, 6.45) is 0. The number of hydrogen-bond acceptors (Lipinski definition) is 3. The van der Waals surface area contributed by atoms with Crippen LogP contribution in [0.15, 0.2) is 106 Å². The Morgan fingerprint density at radius 3 is 1.87 bits per heavy atom. The molecule has 0 amide bonds. The Morgan fingerprint density at radius 1 is 0.652 bits per heavy atom. The Kier molecular flexibility index (Phi) is 4.88. The van der Waals surface area contributed by atoms with Gasteiger partial charge in [-0.05, 0) is 24.3 Å². The van der Waals surface area contributed by atoms with Gasteiger partial charge in [-0.3, -0.25) is 5.43 Å². The van der Waals surface area contributed by atoms with Crippen molar-refractivity contribution in [1.82, 2.24) is 0 Å². The van der Waals surface area contributed by atoms with Crippen molar-refractivity contribution in [2.75, 3.05) is 5.43 Å². The van der Waals surface area contributed by atoms with Crippen molar-refractivity contribution in [3.8, 4) is 0 Å². The van der Waals surface area contributed by atoms with Crippen LogP contribution in [0.1, 0.15) is 5.56 Å². The maximum atomic E-state index is 4.39. The molecule has 0 heterocycles. The normalized spacial score (nSPS) is 11.6. The van der Waals surface area contributed by atoms with Crippen LogP contribution >= 0.6 is 0 Å². The molecule has 0 saturated carbocycles. The van der Waals surface area contributed by atoms with Gasteiger partial charge in [-0.25, -0.2) is 0 Å². The smallest absolute Gasteiger partial charge is 0.201 e. The van der Waals surface area contributed by atoms with Crippen LogP contribution in [0.4, 0.5) is 11.4 Å². The number of nitrogens with one attached hydrogen (secondary N) is 1. The van der Waals surface area contributed by atoms with Gasteiger partial charge in [0.25, 0.3) is 0 Å². The second kappa shape index (κ2) is 7.66. The average molecular weight is 300 g/mol. The largest absolute Gasteiger partial charge is 0.276 e. The second-order valence-electron chi connectivity index (χ2n) is 4.81. The van der Waals surface area contributed by atoms with E-state index in [1.54, 1.807) is 0 Å². The third-order valence-electron chi connectivity index (χ3n) is 3.11. The fraction of sp³-hybridized carbons (Fsp3) is 0. The minimum absolute atomic E-state index is 0.526. The Balaban J connectivity index is 1.86. The topological polar surface area (TPSA) is 49.1 Å². The average Bonchev–Trinajstić information content (AvgIpc) is 2.64. The van der Waals surface area contributed by atoms with E-state index in [0.717, 1.165) is 16.9 Å². The molecule has 3 aromatic carbocycles. The molecule has 0 bridgehead atoms. The molecule has 0 spiro atoms. The van der Waals surface area contributed by atoms with Crippen molar-refractivity contribution in [3.05, 3.63) is 96.6 Å². The molecule has 0 aliphatic rings. The lowest BCUT2D eigenvalue weighted by Crippen LogP contribution is -2.00. The van der Waals surface area contributed by atoms with Crippen LogP contribution in [-0.2, 0) is 0 Å². The Labute approximate surface area is 135 Å². The Bertz CT molecular complexity index is 781. The molecule has 0 fully saturated rings. The number of hydrogen-bond donors (Lipinski definition) is 1. The van der Waals surface area contributed by atoms with Crippen molar-refractivity contribution >= 4 is 17.2 Å². The lowest BCUT2D eigenvalue weighted by atomic mass is 10.2. The predicted octanol–water partition coefficient (Wildman–Crippen LogP) is 5.24. The van der Waals surface area contributed by atoms with E-state index in [0.29, 0.717) is 5.84 Å². The molecule has 4 heteroatoms. The molecule has 4 nitrogen and oxygen atoms in total. The minimum Gasteiger partial charge on any atom is -0.276 e. The van der Waals surface area contributed by atoms with Crippen LogP contribution in [0, 0.1) is 0 Å². The monoisotopic (exact) mass is 300 g/mol. The summed E-state index contributed by atoms with van der Waals surface area (Å²) in [5, 5.41) is 12.9. The summed E-state index contributed by atoms with van der Waals surface area (Å²) in [7, 11) is 0. The third-order valence-corrected chi connectivity index (χ3v) is 3.11. The van der Waals surface area contributed by atoms with Crippen LogP contribution in [-0.4, -0.2) is 5.84 Å². The van der Waals surface area contributed by atoms with Gasteiger partial charge in [0, 0.05) is 5.56 Å². The van der Waals surface area contributed by atoms with Crippen LogP contribution in [0.25, 0.3) is 0 Å². The molecule has 0 aliphatic heterocycles. The zero-order valence-corrected chi connectivity index (χ0v) is 12.5. The highest BCUT2D eigenvalue weighted by atomic mass is 15.3. The summed E-state index contributed by atoms with van der Waals surface area (Å²) in [6, 6.07) is 29.1. The number of nitrogens with zero attached hydrogens (tertiary/aromatic N) is 3. The van der Waals surface area contributed by atoms with Gasteiger partial charge in [0.1, 0.15) is 0 Å². The number of benzene rings is 3. The molecule has 0 aromatic heterocycles. The molecular formula is C19H16N4. The van der Waals surface area contributed by atoms with E-state index in [1.165, 1.54) is 0 Å². The van der Waals surface area contributed by atoms with E-state index < -0.39 is 0 Å².